The van der Waals surface area contributed by atoms with Gasteiger partial charge < -0.3 is 9.73 Å². The van der Waals surface area contributed by atoms with Gasteiger partial charge in [-0.05, 0) is 42.8 Å². The summed E-state index contributed by atoms with van der Waals surface area (Å²) in [5.74, 6) is -0.495. The quantitative estimate of drug-likeness (QED) is 0.424. The first-order valence-corrected chi connectivity index (χ1v) is 11.7. The van der Waals surface area contributed by atoms with E-state index in [2.05, 4.69) is 5.32 Å². The highest BCUT2D eigenvalue weighted by Gasteiger charge is 2.42. The Kier molecular flexibility index (Phi) is 5.80. The van der Waals surface area contributed by atoms with E-state index in [4.69, 9.17) is 16.6 Å². The highest BCUT2D eigenvalue weighted by Crippen LogP contribution is 2.44. The molecule has 5 rings (SSSR count). The third kappa shape index (κ3) is 4.04. The van der Waals surface area contributed by atoms with Gasteiger partial charge in [-0.25, -0.2) is 0 Å². The van der Waals surface area contributed by atoms with Crippen LogP contribution < -0.4 is 10.2 Å². The minimum absolute atomic E-state index is 0.181. The first-order valence-electron chi connectivity index (χ1n) is 10.5. The molecule has 1 aromatic heterocycles. The van der Waals surface area contributed by atoms with E-state index in [0.717, 1.165) is 17.3 Å². The molecule has 0 aliphatic carbocycles. The molecule has 9 heteroatoms. The van der Waals surface area contributed by atoms with Crippen LogP contribution in [0.3, 0.4) is 0 Å². The summed E-state index contributed by atoms with van der Waals surface area (Å²) in [5.41, 5.74) is 3.12. The van der Waals surface area contributed by atoms with Crippen LogP contribution in [0.5, 0.6) is 0 Å². The van der Waals surface area contributed by atoms with Gasteiger partial charge in [-0.15, -0.1) is 0 Å². The summed E-state index contributed by atoms with van der Waals surface area (Å²) in [6.07, 6.45) is 1.53. The highest BCUT2D eigenvalue weighted by molar-refractivity contribution is 8.26. The molecule has 170 valence electrons. The summed E-state index contributed by atoms with van der Waals surface area (Å²) in [6.45, 7) is 1.94. The Balaban J connectivity index is 1.44. The monoisotopic (exact) mass is 489 g/mol. The van der Waals surface area contributed by atoms with Crippen LogP contribution in [0.1, 0.15) is 16.9 Å². The number of furan rings is 1. The van der Waals surface area contributed by atoms with E-state index in [1.54, 1.807) is 42.5 Å². The fourth-order valence-electron chi connectivity index (χ4n) is 3.97. The van der Waals surface area contributed by atoms with Crippen molar-refractivity contribution in [2.45, 2.75) is 13.5 Å². The zero-order valence-corrected chi connectivity index (χ0v) is 19.7. The summed E-state index contributed by atoms with van der Waals surface area (Å²) >= 11 is 6.52. The standard InChI is InChI=1S/C25H19N3O4S2/c1-15-6-4-7-16(12-15)26-20(29)14-27-19-10-3-2-9-18(19)21(23(27)30)22-24(31)28(25(33)34-22)13-17-8-5-11-32-17/h2-12H,13-14H2,1H3,(H,26,29)/b22-21-. The SMILES string of the molecule is Cc1cccc(NC(=O)CN2C(=O)/C(=C3\SC(=S)N(Cc4ccco4)C3=O)c3ccccc32)c1. The third-order valence-corrected chi connectivity index (χ3v) is 6.95. The molecule has 0 unspecified atom stereocenters. The van der Waals surface area contributed by atoms with Gasteiger partial charge in [0.05, 0.1) is 29.0 Å². The molecule has 0 spiro atoms. The Hall–Kier alpha value is -3.69. The largest absolute Gasteiger partial charge is 0.467 e. The second-order valence-electron chi connectivity index (χ2n) is 7.87. The van der Waals surface area contributed by atoms with E-state index >= 15 is 0 Å². The molecular weight excluding hydrogens is 470 g/mol. The summed E-state index contributed by atoms with van der Waals surface area (Å²) in [4.78, 5) is 42.6. The lowest BCUT2D eigenvalue weighted by Gasteiger charge is -2.17. The normalized spacial score (nSPS) is 17.5. The molecule has 2 aromatic carbocycles. The van der Waals surface area contributed by atoms with Gasteiger partial charge in [-0.2, -0.15) is 0 Å². The Labute approximate surface area is 205 Å². The van der Waals surface area contributed by atoms with Crippen LogP contribution in [-0.2, 0) is 20.9 Å². The molecule has 0 bridgehead atoms. The molecule has 0 saturated carbocycles. The average Bonchev–Trinajstić information content (AvgIpc) is 3.49. The maximum absolute atomic E-state index is 13.5. The molecule has 0 atom stereocenters. The lowest BCUT2D eigenvalue weighted by atomic mass is 10.1. The Bertz CT molecular complexity index is 1360. The number of fused-ring (bicyclic) bond motifs is 1. The fourth-order valence-corrected chi connectivity index (χ4v) is 5.29. The molecule has 3 aromatic rings. The molecule has 1 fully saturated rings. The van der Waals surface area contributed by atoms with Gasteiger partial charge in [-0.1, -0.05) is 54.3 Å². The summed E-state index contributed by atoms with van der Waals surface area (Å²) in [6, 6.07) is 18.1. The van der Waals surface area contributed by atoms with E-state index in [1.807, 2.05) is 25.1 Å². The van der Waals surface area contributed by atoms with Crippen LogP contribution in [0, 0.1) is 6.92 Å². The van der Waals surface area contributed by atoms with Crippen LogP contribution in [-0.4, -0.2) is 33.5 Å². The molecule has 2 aliphatic heterocycles. The minimum Gasteiger partial charge on any atom is -0.467 e. The number of benzene rings is 2. The van der Waals surface area contributed by atoms with Crippen molar-refractivity contribution in [2.24, 2.45) is 0 Å². The van der Waals surface area contributed by atoms with Crippen molar-refractivity contribution in [1.82, 2.24) is 4.90 Å². The van der Waals surface area contributed by atoms with Gasteiger partial charge in [0.2, 0.25) is 5.91 Å². The van der Waals surface area contributed by atoms with Gasteiger partial charge in [0, 0.05) is 11.3 Å². The number of nitrogens with zero attached hydrogens (tertiary/aromatic N) is 2. The first kappa shape index (κ1) is 22.1. The number of nitrogens with one attached hydrogen (secondary N) is 1. The number of anilines is 2. The lowest BCUT2D eigenvalue weighted by molar-refractivity contribution is -0.123. The lowest BCUT2D eigenvalue weighted by Crippen LogP contribution is -2.35. The van der Waals surface area contributed by atoms with Gasteiger partial charge in [0.1, 0.15) is 16.6 Å². The average molecular weight is 490 g/mol. The molecule has 1 saturated heterocycles. The van der Waals surface area contributed by atoms with Crippen LogP contribution in [0.25, 0.3) is 5.57 Å². The second kappa shape index (κ2) is 8.92. The number of rotatable bonds is 5. The van der Waals surface area contributed by atoms with Crippen molar-refractivity contribution in [3.05, 3.63) is 88.7 Å². The number of hydrogen-bond acceptors (Lipinski definition) is 6. The summed E-state index contributed by atoms with van der Waals surface area (Å²) < 4.78 is 5.70. The van der Waals surface area contributed by atoms with E-state index < -0.39 is 5.91 Å². The molecule has 1 N–H and O–H groups in total. The van der Waals surface area contributed by atoms with Crippen LogP contribution >= 0.6 is 24.0 Å². The van der Waals surface area contributed by atoms with Gasteiger partial charge in [0.25, 0.3) is 11.8 Å². The van der Waals surface area contributed by atoms with E-state index in [-0.39, 0.29) is 35.4 Å². The van der Waals surface area contributed by atoms with E-state index in [1.165, 1.54) is 16.1 Å². The number of carbonyl (C=O) groups excluding carboxylic acids is 3. The zero-order chi connectivity index (χ0) is 23.8. The number of thioether (sulfide) groups is 1. The highest BCUT2D eigenvalue weighted by atomic mass is 32.2. The predicted octanol–water partition coefficient (Wildman–Crippen LogP) is 4.34. The van der Waals surface area contributed by atoms with E-state index in [0.29, 0.717) is 27.0 Å². The number of hydrogen-bond donors (Lipinski definition) is 1. The van der Waals surface area contributed by atoms with Crippen LogP contribution in [0.4, 0.5) is 11.4 Å². The first-order chi connectivity index (χ1) is 16.4. The van der Waals surface area contributed by atoms with Crippen molar-refractivity contribution >= 4 is 63.0 Å². The van der Waals surface area contributed by atoms with Gasteiger partial charge >= 0.3 is 0 Å². The van der Waals surface area contributed by atoms with Crippen LogP contribution in [0.15, 0.2) is 76.2 Å². The minimum atomic E-state index is -0.404. The Morgan fingerprint density at radius 1 is 1.03 bits per heavy atom. The Morgan fingerprint density at radius 2 is 1.85 bits per heavy atom. The maximum atomic E-state index is 13.5. The number of para-hydroxylation sites is 1. The number of thiocarbonyl (C=S) groups is 1. The molecule has 3 heterocycles. The van der Waals surface area contributed by atoms with Crippen molar-refractivity contribution in [2.75, 3.05) is 16.8 Å². The number of aryl methyl sites for hydroxylation is 1. The molecule has 3 amide bonds. The third-order valence-electron chi connectivity index (χ3n) is 5.50. The van der Waals surface area contributed by atoms with Crippen molar-refractivity contribution < 1.29 is 18.8 Å². The fraction of sp³-hybridized carbons (Fsp3) is 0.120. The predicted molar refractivity (Wildman–Crippen MR) is 135 cm³/mol. The van der Waals surface area contributed by atoms with E-state index in [9.17, 15) is 14.4 Å². The molecule has 0 radical (unpaired) electrons. The summed E-state index contributed by atoms with van der Waals surface area (Å²) in [5, 5.41) is 2.83. The second-order valence-corrected chi connectivity index (χ2v) is 9.51. The Morgan fingerprint density at radius 3 is 2.62 bits per heavy atom. The zero-order valence-electron chi connectivity index (χ0n) is 18.1. The molecular formula is C25H19N3O4S2. The maximum Gasteiger partial charge on any atom is 0.267 e. The smallest absolute Gasteiger partial charge is 0.267 e. The van der Waals surface area contributed by atoms with Crippen LogP contribution in [0.2, 0.25) is 0 Å². The number of amides is 3. The van der Waals surface area contributed by atoms with Crippen molar-refractivity contribution in [3.63, 3.8) is 0 Å². The number of carbonyl (C=O) groups is 3. The van der Waals surface area contributed by atoms with Crippen molar-refractivity contribution in [3.8, 4) is 0 Å². The van der Waals surface area contributed by atoms with Gasteiger partial charge in [0.15, 0.2) is 0 Å². The van der Waals surface area contributed by atoms with Gasteiger partial charge in [-0.3, -0.25) is 24.2 Å². The topological polar surface area (TPSA) is 82.9 Å². The molecule has 2 aliphatic rings. The summed E-state index contributed by atoms with van der Waals surface area (Å²) in [7, 11) is 0. The molecule has 7 nitrogen and oxygen atoms in total. The molecule has 34 heavy (non-hydrogen) atoms. The van der Waals surface area contributed by atoms with Crippen molar-refractivity contribution in [1.29, 1.82) is 0 Å².